The molecule has 0 bridgehead atoms. The number of alkyl halides is 3. The molecular weight excluding hydrogens is 465 g/mol. The van der Waals surface area contributed by atoms with E-state index in [1.165, 1.54) is 17.7 Å². The van der Waals surface area contributed by atoms with Crippen LogP contribution in [0.25, 0.3) is 0 Å². The Morgan fingerprint density at radius 2 is 1.47 bits per heavy atom. The summed E-state index contributed by atoms with van der Waals surface area (Å²) >= 11 is 0. The minimum atomic E-state index is -4.40. The number of likely N-dealkylation sites (N-methyl/N-ethyl adjacent to an activating group) is 1. The molecule has 0 spiro atoms. The number of ether oxygens (including phenoxy) is 1. The largest absolute Gasteiger partial charge is 0.486 e. The Bertz CT molecular complexity index is 1100. The summed E-state index contributed by atoms with van der Waals surface area (Å²) in [6.45, 7) is 3.16. The number of carbonyl (C=O) groups excluding carboxylic acids is 1. The van der Waals surface area contributed by atoms with Gasteiger partial charge in [0.25, 0.3) is 0 Å². The molecule has 2 atom stereocenters. The molecule has 4 nitrogen and oxygen atoms in total. The van der Waals surface area contributed by atoms with Crippen molar-refractivity contribution in [3.05, 3.63) is 101 Å². The molecule has 0 aliphatic rings. The molecule has 0 aromatic heterocycles. The van der Waals surface area contributed by atoms with Gasteiger partial charge in [0.05, 0.1) is 11.5 Å². The molecular formula is C29H33F3N2O2. The van der Waals surface area contributed by atoms with Crippen LogP contribution in [-0.2, 0) is 17.5 Å². The average Bonchev–Trinajstić information content (AvgIpc) is 2.86. The minimum absolute atomic E-state index is 0.00305. The van der Waals surface area contributed by atoms with Gasteiger partial charge in [0.1, 0.15) is 11.9 Å². The molecule has 36 heavy (non-hydrogen) atoms. The number of amides is 1. The first-order valence-corrected chi connectivity index (χ1v) is 11.9. The van der Waals surface area contributed by atoms with Crippen LogP contribution >= 0.6 is 0 Å². The standard InChI is InChI=1S/C29H33F3N2O2/c1-21(23-12-10-22(11-13-23)20-33(2)3)28(35)34(4)19-18-27(24-8-6-5-7-9-24)36-26-16-14-25(15-17-26)29(30,31)32/h5-17,21,27H,18-20H2,1-4H3. The summed E-state index contributed by atoms with van der Waals surface area (Å²) in [4.78, 5) is 16.9. The summed E-state index contributed by atoms with van der Waals surface area (Å²) in [6.07, 6.45) is -4.33. The van der Waals surface area contributed by atoms with Crippen molar-refractivity contribution in [2.24, 2.45) is 0 Å². The van der Waals surface area contributed by atoms with Gasteiger partial charge in [-0.25, -0.2) is 0 Å². The second kappa shape index (κ2) is 12.1. The molecule has 7 heteroatoms. The summed E-state index contributed by atoms with van der Waals surface area (Å²) in [6, 6.07) is 22.2. The van der Waals surface area contributed by atoms with Gasteiger partial charge < -0.3 is 14.5 Å². The molecule has 0 aliphatic heterocycles. The van der Waals surface area contributed by atoms with Crippen LogP contribution < -0.4 is 4.74 Å². The zero-order chi connectivity index (χ0) is 26.3. The molecule has 2 unspecified atom stereocenters. The van der Waals surface area contributed by atoms with Crippen LogP contribution in [0.1, 0.15) is 47.6 Å². The van der Waals surface area contributed by atoms with E-state index in [2.05, 4.69) is 4.90 Å². The van der Waals surface area contributed by atoms with E-state index in [4.69, 9.17) is 4.74 Å². The van der Waals surface area contributed by atoms with Crippen LogP contribution in [0.4, 0.5) is 13.2 Å². The van der Waals surface area contributed by atoms with E-state index in [0.717, 1.165) is 29.8 Å². The Labute approximate surface area is 211 Å². The lowest BCUT2D eigenvalue weighted by Crippen LogP contribution is -2.32. The lowest BCUT2D eigenvalue weighted by atomic mass is 9.98. The highest BCUT2D eigenvalue weighted by Crippen LogP contribution is 2.32. The van der Waals surface area contributed by atoms with Crippen LogP contribution in [0.15, 0.2) is 78.9 Å². The van der Waals surface area contributed by atoms with Crippen molar-refractivity contribution in [2.45, 2.75) is 38.1 Å². The topological polar surface area (TPSA) is 32.8 Å². The van der Waals surface area contributed by atoms with Crippen molar-refractivity contribution in [2.75, 3.05) is 27.7 Å². The van der Waals surface area contributed by atoms with Crippen molar-refractivity contribution >= 4 is 5.91 Å². The first-order valence-electron chi connectivity index (χ1n) is 11.9. The maximum Gasteiger partial charge on any atom is 0.416 e. The van der Waals surface area contributed by atoms with Crippen LogP contribution in [-0.4, -0.2) is 43.4 Å². The quantitative estimate of drug-likeness (QED) is 0.318. The first-order chi connectivity index (χ1) is 17.0. The molecule has 192 valence electrons. The number of halogens is 3. The van der Waals surface area contributed by atoms with Gasteiger partial charge in [0.2, 0.25) is 5.91 Å². The van der Waals surface area contributed by atoms with Crippen LogP contribution in [0.3, 0.4) is 0 Å². The summed E-state index contributed by atoms with van der Waals surface area (Å²) in [5.74, 6) is 0.0446. The fourth-order valence-electron chi connectivity index (χ4n) is 4.02. The van der Waals surface area contributed by atoms with Gasteiger partial charge in [-0.2, -0.15) is 13.2 Å². The van der Waals surface area contributed by atoms with E-state index < -0.39 is 17.8 Å². The number of nitrogens with zero attached hydrogens (tertiary/aromatic N) is 2. The van der Waals surface area contributed by atoms with Gasteiger partial charge in [0.15, 0.2) is 0 Å². The van der Waals surface area contributed by atoms with E-state index in [9.17, 15) is 18.0 Å². The van der Waals surface area contributed by atoms with Crippen LogP contribution in [0, 0.1) is 0 Å². The Kier molecular flexibility index (Phi) is 9.15. The third kappa shape index (κ3) is 7.59. The normalized spacial score (nSPS) is 13.3. The highest BCUT2D eigenvalue weighted by molar-refractivity contribution is 5.83. The SMILES string of the molecule is CC(C(=O)N(C)CCC(Oc1ccc(C(F)(F)F)cc1)c1ccccc1)c1ccc(CN(C)C)cc1. The van der Waals surface area contributed by atoms with Gasteiger partial charge in [-0.3, -0.25) is 4.79 Å². The summed E-state index contributed by atoms with van der Waals surface area (Å²) in [5, 5.41) is 0. The van der Waals surface area contributed by atoms with Crippen molar-refractivity contribution < 1.29 is 22.7 Å². The van der Waals surface area contributed by atoms with E-state index in [1.807, 2.05) is 75.6 Å². The summed E-state index contributed by atoms with van der Waals surface area (Å²) < 4.78 is 44.8. The Morgan fingerprint density at radius 3 is 2.03 bits per heavy atom. The molecule has 0 saturated heterocycles. The average molecular weight is 499 g/mol. The monoisotopic (exact) mass is 498 g/mol. The molecule has 0 aliphatic carbocycles. The predicted octanol–water partition coefficient (Wildman–Crippen LogP) is 6.54. The fourth-order valence-corrected chi connectivity index (χ4v) is 4.02. The molecule has 0 saturated carbocycles. The van der Waals surface area contributed by atoms with Gasteiger partial charge in [0, 0.05) is 26.6 Å². The zero-order valence-electron chi connectivity index (χ0n) is 21.1. The number of hydrogen-bond acceptors (Lipinski definition) is 3. The lowest BCUT2D eigenvalue weighted by Gasteiger charge is -2.25. The Balaban J connectivity index is 1.66. The smallest absolute Gasteiger partial charge is 0.416 e. The Morgan fingerprint density at radius 1 is 0.861 bits per heavy atom. The molecule has 0 N–H and O–H groups in total. The van der Waals surface area contributed by atoms with Gasteiger partial charge in [-0.15, -0.1) is 0 Å². The number of rotatable bonds is 10. The molecule has 0 fully saturated rings. The van der Waals surface area contributed by atoms with Crippen LogP contribution in [0.2, 0.25) is 0 Å². The molecule has 1 amide bonds. The summed E-state index contributed by atoms with van der Waals surface area (Å²) in [7, 11) is 5.79. The van der Waals surface area contributed by atoms with E-state index in [0.29, 0.717) is 18.7 Å². The second-order valence-electron chi connectivity index (χ2n) is 9.29. The van der Waals surface area contributed by atoms with Gasteiger partial charge in [-0.05, 0) is 62.0 Å². The van der Waals surface area contributed by atoms with Gasteiger partial charge >= 0.3 is 6.18 Å². The third-order valence-corrected chi connectivity index (χ3v) is 6.08. The maximum atomic E-state index is 13.1. The minimum Gasteiger partial charge on any atom is -0.486 e. The third-order valence-electron chi connectivity index (χ3n) is 6.08. The Hall–Kier alpha value is -3.32. The van der Waals surface area contributed by atoms with E-state index >= 15 is 0 Å². The van der Waals surface area contributed by atoms with Crippen LogP contribution in [0.5, 0.6) is 5.75 Å². The van der Waals surface area contributed by atoms with E-state index in [1.54, 1.807) is 11.9 Å². The molecule has 0 heterocycles. The van der Waals surface area contributed by atoms with Crippen molar-refractivity contribution in [1.82, 2.24) is 9.80 Å². The van der Waals surface area contributed by atoms with E-state index in [-0.39, 0.29) is 11.8 Å². The number of benzene rings is 3. The van der Waals surface area contributed by atoms with Crippen molar-refractivity contribution in [1.29, 1.82) is 0 Å². The highest BCUT2D eigenvalue weighted by Gasteiger charge is 2.30. The maximum absolute atomic E-state index is 13.1. The zero-order valence-corrected chi connectivity index (χ0v) is 21.1. The van der Waals surface area contributed by atoms with Crippen molar-refractivity contribution in [3.63, 3.8) is 0 Å². The molecule has 0 radical (unpaired) electrons. The first kappa shape index (κ1) is 27.3. The second-order valence-corrected chi connectivity index (χ2v) is 9.29. The number of carbonyl (C=O) groups is 1. The number of hydrogen-bond donors (Lipinski definition) is 0. The predicted molar refractivity (Wildman–Crippen MR) is 136 cm³/mol. The molecule has 3 rings (SSSR count). The lowest BCUT2D eigenvalue weighted by molar-refractivity contribution is -0.137. The molecule has 3 aromatic carbocycles. The highest BCUT2D eigenvalue weighted by atomic mass is 19.4. The fraction of sp³-hybridized carbons (Fsp3) is 0.345. The molecule has 3 aromatic rings. The van der Waals surface area contributed by atoms with Gasteiger partial charge in [-0.1, -0.05) is 54.6 Å². The summed E-state index contributed by atoms with van der Waals surface area (Å²) in [5.41, 5.74) is 2.31. The van der Waals surface area contributed by atoms with Crippen molar-refractivity contribution in [3.8, 4) is 5.75 Å².